The smallest absolute Gasteiger partial charge is 0.221 e. The Balaban J connectivity index is 2.49. The normalized spacial score (nSPS) is 14.4. The van der Waals surface area contributed by atoms with Crippen molar-refractivity contribution in [2.45, 2.75) is 19.9 Å². The van der Waals surface area contributed by atoms with Gasteiger partial charge in [0.15, 0.2) is 0 Å². The minimum Gasteiger partial charge on any atom is -0.369 e. The number of amides is 1. The largest absolute Gasteiger partial charge is 0.369 e. The lowest BCUT2D eigenvalue weighted by Gasteiger charge is -2.16. The number of halogens is 1. The number of nitrogens with one attached hydrogen (secondary N) is 1. The van der Waals surface area contributed by atoms with Crippen molar-refractivity contribution >= 4 is 21.8 Å². The van der Waals surface area contributed by atoms with E-state index in [4.69, 9.17) is 5.73 Å². The Kier molecular flexibility index (Phi) is 4.96. The maximum absolute atomic E-state index is 10.9. The third-order valence-corrected chi connectivity index (χ3v) is 3.11. The van der Waals surface area contributed by atoms with Gasteiger partial charge in [0.1, 0.15) is 0 Å². The molecule has 0 aliphatic rings. The van der Waals surface area contributed by atoms with Crippen LogP contribution in [-0.4, -0.2) is 12.5 Å². The average molecular weight is 285 g/mol. The molecule has 16 heavy (non-hydrogen) atoms. The predicted molar refractivity (Wildman–Crippen MR) is 68.9 cm³/mol. The van der Waals surface area contributed by atoms with Gasteiger partial charge in [-0.25, -0.2) is 0 Å². The predicted octanol–water partition coefficient (Wildman–Crippen LogP) is 2.22. The molecule has 0 bridgehead atoms. The van der Waals surface area contributed by atoms with Crippen LogP contribution in [0.1, 0.15) is 25.5 Å². The lowest BCUT2D eigenvalue weighted by Crippen LogP contribution is -2.32. The molecule has 0 aromatic heterocycles. The molecular formula is C12H17BrN2O. The minimum atomic E-state index is -0.268. The molecule has 0 saturated heterocycles. The van der Waals surface area contributed by atoms with E-state index in [0.29, 0.717) is 6.54 Å². The first-order chi connectivity index (χ1) is 7.50. The van der Waals surface area contributed by atoms with Crippen LogP contribution in [0.4, 0.5) is 0 Å². The second-order valence-electron chi connectivity index (χ2n) is 3.98. The molecule has 3 N–H and O–H groups in total. The highest BCUT2D eigenvalue weighted by Gasteiger charge is 2.10. The van der Waals surface area contributed by atoms with Gasteiger partial charge in [-0.2, -0.15) is 0 Å². The Morgan fingerprint density at radius 1 is 1.38 bits per heavy atom. The summed E-state index contributed by atoms with van der Waals surface area (Å²) in [5.41, 5.74) is 6.39. The highest BCUT2D eigenvalue weighted by Crippen LogP contribution is 2.16. The van der Waals surface area contributed by atoms with Crippen molar-refractivity contribution in [3.63, 3.8) is 0 Å². The van der Waals surface area contributed by atoms with Gasteiger partial charge in [0.25, 0.3) is 0 Å². The second kappa shape index (κ2) is 6.01. The molecular weight excluding hydrogens is 268 g/mol. The van der Waals surface area contributed by atoms with Gasteiger partial charge in [0.2, 0.25) is 5.91 Å². The van der Waals surface area contributed by atoms with E-state index in [2.05, 4.69) is 40.3 Å². The van der Waals surface area contributed by atoms with Crippen molar-refractivity contribution in [1.29, 1.82) is 0 Å². The second-order valence-corrected chi connectivity index (χ2v) is 4.90. The monoisotopic (exact) mass is 284 g/mol. The number of primary amides is 1. The van der Waals surface area contributed by atoms with E-state index in [1.807, 2.05) is 19.1 Å². The van der Waals surface area contributed by atoms with Crippen LogP contribution < -0.4 is 11.1 Å². The number of nitrogens with two attached hydrogens (primary N) is 1. The molecule has 1 rings (SSSR count). The first kappa shape index (κ1) is 13.2. The maximum Gasteiger partial charge on any atom is 0.221 e. The molecule has 3 nitrogen and oxygen atoms in total. The number of benzene rings is 1. The van der Waals surface area contributed by atoms with Crippen molar-refractivity contribution < 1.29 is 4.79 Å². The van der Waals surface area contributed by atoms with Gasteiger partial charge >= 0.3 is 0 Å². The molecule has 0 heterocycles. The van der Waals surface area contributed by atoms with Crippen LogP contribution in [0.5, 0.6) is 0 Å². The van der Waals surface area contributed by atoms with Gasteiger partial charge in [-0.3, -0.25) is 4.79 Å². The third kappa shape index (κ3) is 3.94. The quantitative estimate of drug-likeness (QED) is 0.871. The fourth-order valence-electron chi connectivity index (χ4n) is 1.32. The van der Waals surface area contributed by atoms with E-state index in [9.17, 15) is 4.79 Å². The molecule has 2 atom stereocenters. The number of carbonyl (C=O) groups excluding carboxylic acids is 1. The molecule has 1 amide bonds. The molecule has 4 heteroatoms. The summed E-state index contributed by atoms with van der Waals surface area (Å²) in [4.78, 5) is 10.9. The van der Waals surface area contributed by atoms with E-state index in [-0.39, 0.29) is 17.9 Å². The topological polar surface area (TPSA) is 55.1 Å². The van der Waals surface area contributed by atoms with Gasteiger partial charge in [-0.15, -0.1) is 0 Å². The van der Waals surface area contributed by atoms with E-state index in [0.717, 1.165) is 4.47 Å². The fraction of sp³-hybridized carbons (Fsp3) is 0.417. The molecule has 88 valence electrons. The van der Waals surface area contributed by atoms with Crippen LogP contribution in [-0.2, 0) is 4.79 Å². The average Bonchev–Trinajstić information content (AvgIpc) is 2.26. The molecule has 0 saturated carbocycles. The number of hydrogen-bond donors (Lipinski definition) is 2. The van der Waals surface area contributed by atoms with Crippen LogP contribution in [0.15, 0.2) is 28.7 Å². The van der Waals surface area contributed by atoms with Crippen LogP contribution in [0, 0.1) is 5.92 Å². The molecule has 1 aromatic carbocycles. The first-order valence-corrected chi connectivity index (χ1v) is 6.08. The van der Waals surface area contributed by atoms with Crippen molar-refractivity contribution in [3.8, 4) is 0 Å². The standard InChI is InChI=1S/C12H17BrN2O/c1-8(12(14)16)7-15-9(2)10-3-5-11(13)6-4-10/h3-6,8-9,15H,7H2,1-2H3,(H2,14,16). The summed E-state index contributed by atoms with van der Waals surface area (Å²) in [6, 6.07) is 8.33. The molecule has 0 aliphatic carbocycles. The van der Waals surface area contributed by atoms with Gasteiger partial charge in [-0.05, 0) is 24.6 Å². The summed E-state index contributed by atoms with van der Waals surface area (Å²) in [5, 5.41) is 3.28. The van der Waals surface area contributed by atoms with Crippen LogP contribution in [0.3, 0.4) is 0 Å². The summed E-state index contributed by atoms with van der Waals surface area (Å²) in [6.45, 7) is 4.49. The zero-order valence-electron chi connectivity index (χ0n) is 9.53. The third-order valence-electron chi connectivity index (χ3n) is 2.59. The maximum atomic E-state index is 10.9. The Hall–Kier alpha value is -0.870. The van der Waals surface area contributed by atoms with E-state index in [1.165, 1.54) is 5.56 Å². The Bertz CT molecular complexity index is 351. The van der Waals surface area contributed by atoms with Crippen LogP contribution in [0.2, 0.25) is 0 Å². The summed E-state index contributed by atoms with van der Waals surface area (Å²) < 4.78 is 1.06. The summed E-state index contributed by atoms with van der Waals surface area (Å²) in [6.07, 6.45) is 0. The number of carbonyl (C=O) groups is 1. The van der Waals surface area contributed by atoms with E-state index >= 15 is 0 Å². The summed E-state index contributed by atoms with van der Waals surface area (Å²) in [7, 11) is 0. The van der Waals surface area contributed by atoms with Gasteiger partial charge in [0, 0.05) is 23.0 Å². The van der Waals surface area contributed by atoms with E-state index < -0.39 is 0 Å². The zero-order valence-corrected chi connectivity index (χ0v) is 11.1. The SMILES string of the molecule is CC(CNC(C)c1ccc(Br)cc1)C(N)=O. The Morgan fingerprint density at radius 2 is 1.94 bits per heavy atom. The molecule has 0 fully saturated rings. The van der Waals surface area contributed by atoms with E-state index in [1.54, 1.807) is 0 Å². The molecule has 1 aromatic rings. The first-order valence-electron chi connectivity index (χ1n) is 5.29. The number of rotatable bonds is 5. The van der Waals surface area contributed by atoms with Crippen molar-refractivity contribution in [2.75, 3.05) is 6.54 Å². The lowest BCUT2D eigenvalue weighted by molar-refractivity contribution is -0.121. The van der Waals surface area contributed by atoms with Gasteiger partial charge in [0.05, 0.1) is 0 Å². The molecule has 2 unspecified atom stereocenters. The van der Waals surface area contributed by atoms with Crippen molar-refractivity contribution in [3.05, 3.63) is 34.3 Å². The Morgan fingerprint density at radius 3 is 2.44 bits per heavy atom. The fourth-order valence-corrected chi connectivity index (χ4v) is 1.59. The number of hydrogen-bond acceptors (Lipinski definition) is 2. The minimum absolute atomic E-state index is 0.141. The highest BCUT2D eigenvalue weighted by atomic mass is 79.9. The van der Waals surface area contributed by atoms with Crippen LogP contribution >= 0.6 is 15.9 Å². The Labute approximate surface area is 105 Å². The lowest BCUT2D eigenvalue weighted by atomic mass is 10.1. The van der Waals surface area contributed by atoms with Gasteiger partial charge in [-0.1, -0.05) is 35.0 Å². The summed E-state index contributed by atoms with van der Waals surface area (Å²) >= 11 is 3.39. The van der Waals surface area contributed by atoms with Crippen molar-refractivity contribution in [1.82, 2.24) is 5.32 Å². The summed E-state index contributed by atoms with van der Waals surface area (Å²) in [5.74, 6) is -0.409. The highest BCUT2D eigenvalue weighted by molar-refractivity contribution is 9.10. The zero-order chi connectivity index (χ0) is 12.1. The molecule has 0 spiro atoms. The van der Waals surface area contributed by atoms with Crippen molar-refractivity contribution in [2.24, 2.45) is 11.7 Å². The van der Waals surface area contributed by atoms with Crippen LogP contribution in [0.25, 0.3) is 0 Å². The molecule has 0 aliphatic heterocycles. The van der Waals surface area contributed by atoms with Gasteiger partial charge < -0.3 is 11.1 Å². The molecule has 0 radical (unpaired) electrons.